The Morgan fingerprint density at radius 3 is 2.71 bits per heavy atom. The molecule has 6 heteroatoms. The molecule has 3 atom stereocenters. The van der Waals surface area contributed by atoms with Gasteiger partial charge >= 0.3 is 12.0 Å². The van der Waals surface area contributed by atoms with Gasteiger partial charge in [-0.1, -0.05) is 6.42 Å². The Morgan fingerprint density at radius 1 is 1.38 bits per heavy atom. The molecule has 1 aliphatic carbocycles. The van der Waals surface area contributed by atoms with Gasteiger partial charge < -0.3 is 20.1 Å². The molecule has 2 aliphatic rings. The Balaban J connectivity index is 1.85. The van der Waals surface area contributed by atoms with E-state index in [1.54, 1.807) is 4.90 Å². The van der Waals surface area contributed by atoms with Crippen molar-refractivity contribution in [3.8, 4) is 0 Å². The summed E-state index contributed by atoms with van der Waals surface area (Å²) >= 11 is 0. The molecule has 2 rings (SSSR count). The van der Waals surface area contributed by atoms with Crippen molar-refractivity contribution in [2.24, 2.45) is 11.8 Å². The number of hydrogen-bond donors (Lipinski definition) is 2. The Bertz CT molecular complexity index is 410. The van der Waals surface area contributed by atoms with Gasteiger partial charge in [-0.15, -0.1) is 0 Å². The topological polar surface area (TPSA) is 78.9 Å². The molecule has 0 radical (unpaired) electrons. The number of carboxylic acid groups (broad SMARTS) is 1. The van der Waals surface area contributed by atoms with Crippen LogP contribution in [0.15, 0.2) is 0 Å². The maximum atomic E-state index is 12.3. The van der Waals surface area contributed by atoms with Crippen molar-refractivity contribution in [1.29, 1.82) is 0 Å². The van der Waals surface area contributed by atoms with Crippen LogP contribution in [-0.2, 0) is 9.53 Å². The smallest absolute Gasteiger partial charge is 0.317 e. The number of carbonyl (C=O) groups is 2. The lowest BCUT2D eigenvalue weighted by molar-refractivity contribution is -0.142. The highest BCUT2D eigenvalue weighted by atomic mass is 16.5. The average Bonchev–Trinajstić information content (AvgIpc) is 2.81. The molecule has 1 saturated carbocycles. The third-order valence-corrected chi connectivity index (χ3v) is 4.35. The fourth-order valence-electron chi connectivity index (χ4n) is 3.54. The van der Waals surface area contributed by atoms with Gasteiger partial charge in [-0.25, -0.2) is 4.79 Å². The fraction of sp³-hybridized carbons (Fsp3) is 0.867. The summed E-state index contributed by atoms with van der Waals surface area (Å²) in [5, 5.41) is 12.1. The summed E-state index contributed by atoms with van der Waals surface area (Å²) in [5.74, 6) is -1.00. The summed E-state index contributed by atoms with van der Waals surface area (Å²) < 4.78 is 5.78. The molecule has 3 unspecified atom stereocenters. The summed E-state index contributed by atoms with van der Waals surface area (Å²) in [6.45, 7) is 7.47. The first-order chi connectivity index (χ1) is 9.78. The Labute approximate surface area is 125 Å². The van der Waals surface area contributed by atoms with E-state index >= 15 is 0 Å². The first-order valence-electron chi connectivity index (χ1n) is 7.72. The van der Waals surface area contributed by atoms with Crippen molar-refractivity contribution in [3.05, 3.63) is 0 Å². The van der Waals surface area contributed by atoms with Crippen LogP contribution in [-0.4, -0.2) is 53.3 Å². The number of hydrogen-bond acceptors (Lipinski definition) is 3. The van der Waals surface area contributed by atoms with Crippen LogP contribution in [0, 0.1) is 11.8 Å². The van der Waals surface area contributed by atoms with Crippen molar-refractivity contribution < 1.29 is 19.4 Å². The van der Waals surface area contributed by atoms with E-state index in [2.05, 4.69) is 5.32 Å². The van der Waals surface area contributed by atoms with Gasteiger partial charge in [0.25, 0.3) is 0 Å². The summed E-state index contributed by atoms with van der Waals surface area (Å²) in [5.41, 5.74) is -0.341. The number of morpholine rings is 1. The lowest BCUT2D eigenvalue weighted by Gasteiger charge is -2.41. The van der Waals surface area contributed by atoms with Crippen LogP contribution in [0.25, 0.3) is 0 Å². The van der Waals surface area contributed by atoms with E-state index in [0.717, 1.165) is 19.3 Å². The van der Waals surface area contributed by atoms with E-state index in [1.165, 1.54) is 0 Å². The van der Waals surface area contributed by atoms with Crippen LogP contribution in [0.1, 0.15) is 40.0 Å². The standard InChI is InChI=1S/C15H26N2O4/c1-10-8-17(9-15(2,3)21-10)14(20)16-7-11-5-4-6-12(11)13(18)19/h10-12H,4-9H2,1-3H3,(H,16,20)(H,18,19). The zero-order chi connectivity index (χ0) is 15.6. The molecule has 120 valence electrons. The van der Waals surface area contributed by atoms with E-state index in [-0.39, 0.29) is 29.6 Å². The van der Waals surface area contributed by atoms with Crippen molar-refractivity contribution >= 4 is 12.0 Å². The van der Waals surface area contributed by atoms with Crippen molar-refractivity contribution in [2.45, 2.75) is 51.7 Å². The fourth-order valence-corrected chi connectivity index (χ4v) is 3.54. The molecule has 0 bridgehead atoms. The minimum absolute atomic E-state index is 0.0118. The van der Waals surface area contributed by atoms with Gasteiger partial charge in [0.15, 0.2) is 0 Å². The highest BCUT2D eigenvalue weighted by Crippen LogP contribution is 2.31. The first-order valence-corrected chi connectivity index (χ1v) is 7.72. The number of amides is 2. The molecule has 6 nitrogen and oxygen atoms in total. The number of aliphatic carboxylic acids is 1. The molecular weight excluding hydrogens is 272 g/mol. The van der Waals surface area contributed by atoms with Crippen LogP contribution in [0.5, 0.6) is 0 Å². The van der Waals surface area contributed by atoms with Gasteiger partial charge in [0, 0.05) is 13.1 Å². The molecule has 1 heterocycles. The molecule has 2 fully saturated rings. The summed E-state index contributed by atoms with van der Waals surface area (Å²) in [4.78, 5) is 25.2. The number of urea groups is 1. The van der Waals surface area contributed by atoms with Gasteiger partial charge in [-0.05, 0) is 39.5 Å². The first kappa shape index (κ1) is 16.1. The molecule has 1 saturated heterocycles. The normalized spacial score (nSPS) is 32.0. The van der Waals surface area contributed by atoms with Gasteiger partial charge in [0.05, 0.1) is 24.2 Å². The van der Waals surface area contributed by atoms with Crippen molar-refractivity contribution in [1.82, 2.24) is 10.2 Å². The highest BCUT2D eigenvalue weighted by Gasteiger charge is 2.36. The molecule has 0 aromatic carbocycles. The molecule has 0 spiro atoms. The van der Waals surface area contributed by atoms with Crippen LogP contribution in [0.3, 0.4) is 0 Å². The van der Waals surface area contributed by atoms with E-state index in [9.17, 15) is 9.59 Å². The maximum Gasteiger partial charge on any atom is 0.317 e. The van der Waals surface area contributed by atoms with Crippen LogP contribution in [0.2, 0.25) is 0 Å². The number of carbonyl (C=O) groups excluding carboxylic acids is 1. The van der Waals surface area contributed by atoms with E-state index in [0.29, 0.717) is 19.6 Å². The van der Waals surface area contributed by atoms with Gasteiger partial charge in [-0.2, -0.15) is 0 Å². The number of nitrogens with zero attached hydrogens (tertiary/aromatic N) is 1. The Hall–Kier alpha value is -1.30. The second kappa shape index (κ2) is 6.22. The van der Waals surface area contributed by atoms with E-state index in [1.807, 2.05) is 20.8 Å². The molecule has 0 aromatic rings. The SMILES string of the molecule is CC1CN(C(=O)NCC2CCCC2C(=O)O)CC(C)(C)O1. The number of ether oxygens (including phenoxy) is 1. The second-order valence-corrected chi connectivity index (χ2v) is 6.89. The minimum atomic E-state index is -0.743. The quantitative estimate of drug-likeness (QED) is 0.831. The van der Waals surface area contributed by atoms with Gasteiger partial charge in [0.2, 0.25) is 0 Å². The molecule has 1 aliphatic heterocycles. The van der Waals surface area contributed by atoms with Crippen molar-refractivity contribution in [2.75, 3.05) is 19.6 Å². The second-order valence-electron chi connectivity index (χ2n) is 6.89. The third-order valence-electron chi connectivity index (χ3n) is 4.35. The lowest BCUT2D eigenvalue weighted by Crippen LogP contribution is -2.56. The van der Waals surface area contributed by atoms with Gasteiger partial charge in [0.1, 0.15) is 0 Å². The summed E-state index contributed by atoms with van der Waals surface area (Å²) in [6, 6.07) is -0.116. The highest BCUT2D eigenvalue weighted by molar-refractivity contribution is 5.75. The number of rotatable bonds is 3. The molecule has 0 aromatic heterocycles. The monoisotopic (exact) mass is 298 g/mol. The summed E-state index contributed by atoms with van der Waals surface area (Å²) in [6.07, 6.45) is 2.54. The lowest BCUT2D eigenvalue weighted by atomic mass is 9.96. The predicted molar refractivity (Wildman–Crippen MR) is 78.1 cm³/mol. The average molecular weight is 298 g/mol. The van der Waals surface area contributed by atoms with E-state index < -0.39 is 5.97 Å². The third kappa shape index (κ3) is 4.09. The van der Waals surface area contributed by atoms with Crippen LogP contribution in [0.4, 0.5) is 4.79 Å². The largest absolute Gasteiger partial charge is 0.481 e. The zero-order valence-electron chi connectivity index (χ0n) is 13.1. The zero-order valence-corrected chi connectivity index (χ0v) is 13.1. The Kier molecular flexibility index (Phi) is 4.76. The van der Waals surface area contributed by atoms with Gasteiger partial charge in [-0.3, -0.25) is 4.79 Å². The molecular formula is C15H26N2O4. The molecule has 2 amide bonds. The van der Waals surface area contributed by atoms with Crippen LogP contribution < -0.4 is 5.32 Å². The van der Waals surface area contributed by atoms with Crippen LogP contribution >= 0.6 is 0 Å². The van der Waals surface area contributed by atoms with E-state index in [4.69, 9.17) is 9.84 Å². The number of carboxylic acids is 1. The van der Waals surface area contributed by atoms with Crippen molar-refractivity contribution in [3.63, 3.8) is 0 Å². The summed E-state index contributed by atoms with van der Waals surface area (Å²) in [7, 11) is 0. The molecule has 2 N–H and O–H groups in total. The Morgan fingerprint density at radius 2 is 2.10 bits per heavy atom. The maximum absolute atomic E-state index is 12.3. The minimum Gasteiger partial charge on any atom is -0.481 e. The predicted octanol–water partition coefficient (Wildman–Crippen LogP) is 1.70. The number of nitrogens with one attached hydrogen (secondary N) is 1. The molecule has 21 heavy (non-hydrogen) atoms.